The number of amides is 1. The summed E-state index contributed by atoms with van der Waals surface area (Å²) in [4.78, 5) is 24.6. The first-order chi connectivity index (χ1) is 36.0. The Labute approximate surface area is 455 Å². The van der Waals surface area contributed by atoms with E-state index in [2.05, 4.69) is 67.8 Å². The van der Waals surface area contributed by atoms with E-state index in [-0.39, 0.29) is 18.5 Å². The minimum Gasteiger partial charge on any atom is -0.465 e. The van der Waals surface area contributed by atoms with Crippen molar-refractivity contribution in [3.05, 3.63) is 48.6 Å². The van der Waals surface area contributed by atoms with Crippen LogP contribution in [0, 0.1) is 0 Å². The highest BCUT2D eigenvalue weighted by Crippen LogP contribution is 2.18. The van der Waals surface area contributed by atoms with Crippen molar-refractivity contribution in [1.29, 1.82) is 0 Å². The smallest absolute Gasteiger partial charge is 0.305 e. The zero-order valence-electron chi connectivity index (χ0n) is 48.9. The van der Waals surface area contributed by atoms with Crippen molar-refractivity contribution in [3.8, 4) is 0 Å². The van der Waals surface area contributed by atoms with Gasteiger partial charge < -0.3 is 20.3 Å². The molecular formula is C67H125NO5. The molecule has 73 heavy (non-hydrogen) atoms. The Balaban J connectivity index is 3.45. The molecule has 2 unspecified atom stereocenters. The SMILES string of the molecule is CCCCC/C=C\C/C=C\CCCCCCCCCCCC(=O)OCC/C=C\C/C=C\CCCCCCCCCCCCCCCCC(=O)NC(CO)C(O)CCCCCCCCCCCCCCCCCC. The highest BCUT2D eigenvalue weighted by Gasteiger charge is 2.20. The minimum absolute atomic E-state index is 0.0383. The van der Waals surface area contributed by atoms with Crippen LogP contribution in [0.2, 0.25) is 0 Å². The first-order valence-electron chi connectivity index (χ1n) is 32.4. The molecule has 428 valence electrons. The number of ether oxygens (including phenoxy) is 1. The van der Waals surface area contributed by atoms with Crippen molar-refractivity contribution in [1.82, 2.24) is 5.32 Å². The summed E-state index contributed by atoms with van der Waals surface area (Å²) in [5, 5.41) is 23.3. The van der Waals surface area contributed by atoms with Crippen molar-refractivity contribution in [2.75, 3.05) is 13.2 Å². The summed E-state index contributed by atoms with van der Waals surface area (Å²) in [6, 6.07) is -0.546. The van der Waals surface area contributed by atoms with Gasteiger partial charge in [-0.15, -0.1) is 0 Å². The highest BCUT2D eigenvalue weighted by molar-refractivity contribution is 5.76. The summed E-state index contributed by atoms with van der Waals surface area (Å²) in [6.45, 7) is 4.83. The lowest BCUT2D eigenvalue weighted by molar-refractivity contribution is -0.143. The van der Waals surface area contributed by atoms with E-state index >= 15 is 0 Å². The number of hydrogen-bond acceptors (Lipinski definition) is 5. The normalized spacial score (nSPS) is 12.9. The maximum atomic E-state index is 12.5. The third-order valence-corrected chi connectivity index (χ3v) is 14.9. The summed E-state index contributed by atoms with van der Waals surface area (Å²) >= 11 is 0. The maximum Gasteiger partial charge on any atom is 0.305 e. The fraction of sp³-hybridized carbons (Fsp3) is 0.851. The molecule has 0 aromatic heterocycles. The van der Waals surface area contributed by atoms with Crippen LogP contribution in [0.1, 0.15) is 341 Å². The summed E-state index contributed by atoms with van der Waals surface area (Å²) < 4.78 is 5.43. The molecule has 0 aliphatic rings. The lowest BCUT2D eigenvalue weighted by Gasteiger charge is -2.22. The number of esters is 1. The van der Waals surface area contributed by atoms with Gasteiger partial charge in [0.1, 0.15) is 0 Å². The summed E-state index contributed by atoms with van der Waals surface area (Å²) in [5.74, 6) is -0.0772. The lowest BCUT2D eigenvalue weighted by atomic mass is 10.0. The molecule has 0 saturated heterocycles. The van der Waals surface area contributed by atoms with E-state index < -0.39 is 12.1 Å². The van der Waals surface area contributed by atoms with Gasteiger partial charge in [-0.05, 0) is 77.0 Å². The van der Waals surface area contributed by atoms with Crippen LogP contribution in [0.3, 0.4) is 0 Å². The number of carbonyl (C=O) groups is 2. The van der Waals surface area contributed by atoms with E-state index in [9.17, 15) is 19.8 Å². The van der Waals surface area contributed by atoms with Crippen LogP contribution in [0.4, 0.5) is 0 Å². The number of carbonyl (C=O) groups excluding carboxylic acids is 2. The standard InChI is InChI=1S/C67H125NO5/c1-3-5-7-9-11-13-15-17-19-21-25-29-33-37-41-45-49-53-57-61-67(72)73-62-58-54-50-46-42-38-34-30-27-24-22-23-26-28-32-36-40-44-48-52-56-60-66(71)68-64(63-69)65(70)59-55-51-47-43-39-35-31-20-18-16-14-12-10-8-6-4-2/h11,13,17,19,38,42,50,54,64-65,69-70H,3-10,12,14-16,18,20-37,39-41,43-49,51-53,55-63H2,1-2H3,(H,68,71)/b13-11-,19-17-,42-38-,54-50-. The molecule has 0 spiro atoms. The molecule has 0 fully saturated rings. The molecule has 6 heteroatoms. The van der Waals surface area contributed by atoms with Gasteiger partial charge in [-0.2, -0.15) is 0 Å². The van der Waals surface area contributed by atoms with Gasteiger partial charge in [0, 0.05) is 12.8 Å². The van der Waals surface area contributed by atoms with Crippen molar-refractivity contribution in [2.45, 2.75) is 353 Å². The summed E-state index contributed by atoms with van der Waals surface area (Å²) in [7, 11) is 0. The number of aliphatic hydroxyl groups excluding tert-OH is 2. The van der Waals surface area contributed by atoms with E-state index in [0.717, 1.165) is 57.8 Å². The third-order valence-electron chi connectivity index (χ3n) is 14.9. The van der Waals surface area contributed by atoms with E-state index in [4.69, 9.17) is 4.74 Å². The second kappa shape index (κ2) is 62.4. The number of unbranched alkanes of at least 4 members (excludes halogenated alkanes) is 41. The van der Waals surface area contributed by atoms with E-state index in [1.54, 1.807) is 0 Å². The molecule has 0 heterocycles. The van der Waals surface area contributed by atoms with Crippen LogP contribution in [0.5, 0.6) is 0 Å². The molecular weight excluding hydrogens is 899 g/mol. The van der Waals surface area contributed by atoms with Gasteiger partial charge in [0.2, 0.25) is 5.91 Å². The van der Waals surface area contributed by atoms with Crippen molar-refractivity contribution >= 4 is 11.9 Å². The number of hydrogen-bond donors (Lipinski definition) is 3. The van der Waals surface area contributed by atoms with Crippen LogP contribution >= 0.6 is 0 Å². The monoisotopic (exact) mass is 1020 g/mol. The first kappa shape index (κ1) is 70.8. The molecule has 0 aliphatic heterocycles. The second-order valence-electron chi connectivity index (χ2n) is 22.1. The van der Waals surface area contributed by atoms with Crippen LogP contribution in [-0.2, 0) is 14.3 Å². The van der Waals surface area contributed by atoms with Gasteiger partial charge in [-0.25, -0.2) is 0 Å². The highest BCUT2D eigenvalue weighted by atomic mass is 16.5. The second-order valence-corrected chi connectivity index (χ2v) is 22.1. The average Bonchev–Trinajstić information content (AvgIpc) is 3.39. The number of allylic oxidation sites excluding steroid dienone is 7. The van der Waals surface area contributed by atoms with Gasteiger partial charge in [-0.1, -0.05) is 300 Å². The van der Waals surface area contributed by atoms with Crippen molar-refractivity contribution in [2.24, 2.45) is 0 Å². The van der Waals surface area contributed by atoms with Gasteiger partial charge in [0.05, 0.1) is 25.4 Å². The van der Waals surface area contributed by atoms with Gasteiger partial charge in [0.25, 0.3) is 0 Å². The molecule has 0 aromatic rings. The summed E-state index contributed by atoms with van der Waals surface area (Å²) in [6.07, 6.45) is 80.0. The molecule has 0 bridgehead atoms. The zero-order valence-corrected chi connectivity index (χ0v) is 48.9. The van der Waals surface area contributed by atoms with E-state index in [1.807, 2.05) is 0 Å². The average molecular weight is 1020 g/mol. The quantitative estimate of drug-likeness (QED) is 0.0320. The molecule has 0 saturated carbocycles. The maximum absolute atomic E-state index is 12.5. The molecule has 1 amide bonds. The molecule has 0 aliphatic carbocycles. The van der Waals surface area contributed by atoms with Crippen LogP contribution < -0.4 is 5.32 Å². The van der Waals surface area contributed by atoms with Crippen LogP contribution in [0.15, 0.2) is 48.6 Å². The Bertz CT molecular complexity index is 1230. The largest absolute Gasteiger partial charge is 0.465 e. The molecule has 2 atom stereocenters. The Morgan fingerprint density at radius 1 is 0.384 bits per heavy atom. The first-order valence-corrected chi connectivity index (χ1v) is 32.4. The fourth-order valence-corrected chi connectivity index (χ4v) is 9.92. The number of nitrogens with one attached hydrogen (secondary N) is 1. The Morgan fingerprint density at radius 2 is 0.685 bits per heavy atom. The minimum atomic E-state index is -0.669. The lowest BCUT2D eigenvalue weighted by Crippen LogP contribution is -2.45. The van der Waals surface area contributed by atoms with Gasteiger partial charge in [0.15, 0.2) is 0 Å². The van der Waals surface area contributed by atoms with Gasteiger partial charge in [-0.3, -0.25) is 9.59 Å². The van der Waals surface area contributed by atoms with Crippen LogP contribution in [0.25, 0.3) is 0 Å². The fourth-order valence-electron chi connectivity index (χ4n) is 9.92. The molecule has 0 radical (unpaired) electrons. The van der Waals surface area contributed by atoms with E-state index in [0.29, 0.717) is 25.9 Å². The van der Waals surface area contributed by atoms with Crippen LogP contribution in [-0.4, -0.2) is 47.4 Å². The molecule has 6 nitrogen and oxygen atoms in total. The topological polar surface area (TPSA) is 95.9 Å². The van der Waals surface area contributed by atoms with Crippen molar-refractivity contribution in [3.63, 3.8) is 0 Å². The number of rotatable bonds is 60. The Kier molecular flexibility index (Phi) is 60.5. The summed E-state index contributed by atoms with van der Waals surface area (Å²) in [5.41, 5.74) is 0. The third kappa shape index (κ3) is 58.9. The van der Waals surface area contributed by atoms with E-state index in [1.165, 1.54) is 250 Å². The predicted octanol–water partition coefficient (Wildman–Crippen LogP) is 20.5. The van der Waals surface area contributed by atoms with Crippen molar-refractivity contribution < 1.29 is 24.5 Å². The zero-order chi connectivity index (χ0) is 52.9. The molecule has 0 rings (SSSR count). The molecule has 0 aromatic carbocycles. The number of aliphatic hydroxyl groups is 2. The predicted molar refractivity (Wildman–Crippen MR) is 319 cm³/mol. The Hall–Kier alpha value is -2.18. The Morgan fingerprint density at radius 3 is 1.07 bits per heavy atom. The molecule has 3 N–H and O–H groups in total. The van der Waals surface area contributed by atoms with Gasteiger partial charge >= 0.3 is 5.97 Å².